The quantitative estimate of drug-likeness (QED) is 0.829. The minimum atomic E-state index is -0.247. The zero-order valence-electron chi connectivity index (χ0n) is 9.94. The molecule has 0 fully saturated rings. The van der Waals surface area contributed by atoms with E-state index in [0.29, 0.717) is 11.7 Å². The average Bonchev–Trinajstić information content (AvgIpc) is 2.51. The van der Waals surface area contributed by atoms with Gasteiger partial charge in [-0.15, -0.1) is 0 Å². The first kappa shape index (κ1) is 12.1. The van der Waals surface area contributed by atoms with Crippen molar-refractivity contribution in [1.29, 1.82) is 0 Å². The molecule has 0 aliphatic heterocycles. The maximum atomic E-state index is 5.64. The molecule has 2 N–H and O–H groups in total. The molecule has 1 aromatic heterocycles. The Labute approximate surface area is 90.0 Å². The number of hydrogen-bond acceptors (Lipinski definition) is 5. The molecule has 0 aliphatic carbocycles. The number of hydrogen-bond donors (Lipinski definition) is 1. The van der Waals surface area contributed by atoms with Crippen molar-refractivity contribution in [3.63, 3.8) is 0 Å². The first-order valence-corrected chi connectivity index (χ1v) is 4.98. The first-order valence-electron chi connectivity index (χ1n) is 4.98. The van der Waals surface area contributed by atoms with E-state index in [2.05, 4.69) is 30.9 Å². The third-order valence-electron chi connectivity index (χ3n) is 2.10. The highest BCUT2D eigenvalue weighted by Gasteiger charge is 2.30. The molecule has 0 saturated carbocycles. The van der Waals surface area contributed by atoms with Gasteiger partial charge in [0.15, 0.2) is 0 Å². The lowest BCUT2D eigenvalue weighted by Gasteiger charge is -2.26. The Morgan fingerprint density at radius 2 is 2.00 bits per heavy atom. The number of methoxy groups -OCH3 is 1. The summed E-state index contributed by atoms with van der Waals surface area (Å²) in [5.41, 5.74) is 5.56. The third-order valence-corrected chi connectivity index (χ3v) is 2.10. The van der Waals surface area contributed by atoms with Gasteiger partial charge in [0.05, 0.1) is 6.04 Å². The zero-order chi connectivity index (χ0) is 11.6. The van der Waals surface area contributed by atoms with E-state index in [4.69, 9.17) is 15.0 Å². The topological polar surface area (TPSA) is 74.2 Å². The summed E-state index contributed by atoms with van der Waals surface area (Å²) in [7, 11) is 1.64. The van der Waals surface area contributed by atoms with Gasteiger partial charge in [-0.3, -0.25) is 0 Å². The minimum Gasteiger partial charge on any atom is -0.373 e. The fraction of sp³-hybridized carbons (Fsp3) is 0.800. The normalized spacial score (nSPS) is 16.4. The van der Waals surface area contributed by atoms with Gasteiger partial charge in [0.2, 0.25) is 11.7 Å². The predicted octanol–water partition coefficient (Wildman–Crippen LogP) is 1.82. The standard InChI is InChI=1S/C10H19N3O2/c1-6(11)9-12-8(13-15-9)7(14-5)10(2,3)4/h6-7H,11H2,1-5H3/t6-,7?/m1/s1. The van der Waals surface area contributed by atoms with Crippen LogP contribution in [0.15, 0.2) is 4.52 Å². The van der Waals surface area contributed by atoms with Crippen molar-refractivity contribution in [2.24, 2.45) is 11.1 Å². The van der Waals surface area contributed by atoms with Gasteiger partial charge in [0, 0.05) is 7.11 Å². The number of nitrogens with two attached hydrogens (primary N) is 1. The fourth-order valence-corrected chi connectivity index (χ4v) is 1.38. The lowest BCUT2D eigenvalue weighted by Crippen LogP contribution is -2.21. The smallest absolute Gasteiger partial charge is 0.243 e. The Morgan fingerprint density at radius 3 is 2.33 bits per heavy atom. The molecule has 0 amide bonds. The van der Waals surface area contributed by atoms with Crippen molar-refractivity contribution in [3.8, 4) is 0 Å². The van der Waals surface area contributed by atoms with Gasteiger partial charge in [-0.2, -0.15) is 4.98 Å². The van der Waals surface area contributed by atoms with Crippen LogP contribution in [-0.4, -0.2) is 17.3 Å². The summed E-state index contributed by atoms with van der Waals surface area (Å²) in [6.45, 7) is 7.98. The van der Waals surface area contributed by atoms with Gasteiger partial charge in [0.25, 0.3) is 0 Å². The number of aromatic nitrogens is 2. The molecule has 2 atom stereocenters. The summed E-state index contributed by atoms with van der Waals surface area (Å²) in [5.74, 6) is 0.994. The summed E-state index contributed by atoms with van der Waals surface area (Å²) in [6, 6.07) is -0.247. The summed E-state index contributed by atoms with van der Waals surface area (Å²) in [5, 5.41) is 3.88. The molecular weight excluding hydrogens is 194 g/mol. The molecule has 1 rings (SSSR count). The number of ether oxygens (including phenoxy) is 1. The molecule has 5 heteroatoms. The maximum Gasteiger partial charge on any atom is 0.243 e. The van der Waals surface area contributed by atoms with Crippen molar-refractivity contribution in [1.82, 2.24) is 10.1 Å². The van der Waals surface area contributed by atoms with E-state index in [9.17, 15) is 0 Å². The zero-order valence-corrected chi connectivity index (χ0v) is 9.94. The Balaban J connectivity index is 2.93. The minimum absolute atomic E-state index is 0.0757. The van der Waals surface area contributed by atoms with Gasteiger partial charge in [-0.1, -0.05) is 25.9 Å². The molecule has 0 saturated heterocycles. The summed E-state index contributed by atoms with van der Waals surface area (Å²) in [6.07, 6.45) is -0.186. The third kappa shape index (κ3) is 2.76. The van der Waals surface area contributed by atoms with Crippen molar-refractivity contribution >= 4 is 0 Å². The molecule has 0 radical (unpaired) electrons. The van der Waals surface area contributed by atoms with Crippen LogP contribution in [-0.2, 0) is 4.74 Å². The van der Waals surface area contributed by atoms with Gasteiger partial charge < -0.3 is 15.0 Å². The van der Waals surface area contributed by atoms with Crippen LogP contribution in [0.4, 0.5) is 0 Å². The highest BCUT2D eigenvalue weighted by molar-refractivity contribution is 4.97. The Bertz CT molecular complexity index is 315. The molecule has 0 aromatic carbocycles. The van der Waals surface area contributed by atoms with E-state index >= 15 is 0 Å². The van der Waals surface area contributed by atoms with Crippen molar-refractivity contribution < 1.29 is 9.26 Å². The van der Waals surface area contributed by atoms with E-state index in [0.717, 1.165) is 0 Å². The Hall–Kier alpha value is -0.940. The maximum absolute atomic E-state index is 5.64. The second-order valence-corrected chi connectivity index (χ2v) is 4.76. The monoisotopic (exact) mass is 213 g/mol. The molecule has 86 valence electrons. The van der Waals surface area contributed by atoms with E-state index in [1.165, 1.54) is 0 Å². The summed E-state index contributed by atoms with van der Waals surface area (Å²) in [4.78, 5) is 4.22. The van der Waals surface area contributed by atoms with Gasteiger partial charge in [-0.25, -0.2) is 0 Å². The molecule has 15 heavy (non-hydrogen) atoms. The highest BCUT2D eigenvalue weighted by Crippen LogP contribution is 2.33. The van der Waals surface area contributed by atoms with E-state index in [-0.39, 0.29) is 17.6 Å². The van der Waals surface area contributed by atoms with Crippen LogP contribution in [0.3, 0.4) is 0 Å². The molecule has 1 aromatic rings. The molecule has 0 bridgehead atoms. The van der Waals surface area contributed by atoms with Crippen LogP contribution in [0.2, 0.25) is 0 Å². The first-order chi connectivity index (χ1) is 6.86. The summed E-state index contributed by atoms with van der Waals surface area (Å²) >= 11 is 0. The van der Waals surface area contributed by atoms with Crippen LogP contribution in [0.25, 0.3) is 0 Å². The number of rotatable bonds is 3. The van der Waals surface area contributed by atoms with Crippen LogP contribution < -0.4 is 5.73 Å². The molecule has 1 heterocycles. The van der Waals surface area contributed by atoms with Crippen molar-refractivity contribution in [3.05, 3.63) is 11.7 Å². The Kier molecular flexibility index (Phi) is 3.46. The van der Waals surface area contributed by atoms with E-state index in [1.807, 2.05) is 0 Å². The lowest BCUT2D eigenvalue weighted by atomic mass is 9.88. The van der Waals surface area contributed by atoms with Gasteiger partial charge in [-0.05, 0) is 12.3 Å². The SMILES string of the molecule is COC(c1noc([C@@H](C)N)n1)C(C)(C)C. The van der Waals surface area contributed by atoms with Crippen LogP contribution >= 0.6 is 0 Å². The molecule has 0 spiro atoms. The Morgan fingerprint density at radius 1 is 1.40 bits per heavy atom. The van der Waals surface area contributed by atoms with Crippen molar-refractivity contribution in [2.75, 3.05) is 7.11 Å². The second kappa shape index (κ2) is 4.28. The largest absolute Gasteiger partial charge is 0.373 e. The van der Waals surface area contributed by atoms with Crippen LogP contribution in [0, 0.1) is 5.41 Å². The van der Waals surface area contributed by atoms with Crippen LogP contribution in [0.1, 0.15) is 51.6 Å². The van der Waals surface area contributed by atoms with Gasteiger partial charge >= 0.3 is 0 Å². The molecule has 0 aliphatic rings. The fourth-order valence-electron chi connectivity index (χ4n) is 1.38. The van der Waals surface area contributed by atoms with E-state index in [1.54, 1.807) is 14.0 Å². The number of nitrogens with zero attached hydrogens (tertiary/aromatic N) is 2. The van der Waals surface area contributed by atoms with Crippen molar-refractivity contribution in [2.45, 2.75) is 39.8 Å². The predicted molar refractivity (Wildman–Crippen MR) is 56.1 cm³/mol. The average molecular weight is 213 g/mol. The molecular formula is C10H19N3O2. The summed E-state index contributed by atoms with van der Waals surface area (Å²) < 4.78 is 10.4. The lowest BCUT2D eigenvalue weighted by molar-refractivity contribution is 0.00718. The van der Waals surface area contributed by atoms with Crippen LogP contribution in [0.5, 0.6) is 0 Å². The molecule has 5 nitrogen and oxygen atoms in total. The molecule has 1 unspecified atom stereocenters. The van der Waals surface area contributed by atoms with E-state index < -0.39 is 0 Å². The van der Waals surface area contributed by atoms with Gasteiger partial charge in [0.1, 0.15) is 6.10 Å². The highest BCUT2D eigenvalue weighted by atomic mass is 16.5. The second-order valence-electron chi connectivity index (χ2n) is 4.76.